The summed E-state index contributed by atoms with van der Waals surface area (Å²) in [5.41, 5.74) is 2.60. The van der Waals surface area contributed by atoms with Gasteiger partial charge in [-0.1, -0.05) is 42.5 Å². The fourth-order valence-corrected chi connectivity index (χ4v) is 3.26. The van der Waals surface area contributed by atoms with E-state index >= 15 is 0 Å². The van der Waals surface area contributed by atoms with Gasteiger partial charge in [-0.2, -0.15) is 5.10 Å². The molecule has 3 aromatic rings. The molecule has 0 spiro atoms. The summed E-state index contributed by atoms with van der Waals surface area (Å²) in [6.45, 7) is 0.778. The van der Waals surface area contributed by atoms with Gasteiger partial charge in [-0.05, 0) is 30.5 Å². The maximum atomic E-state index is 12.9. The third-order valence-corrected chi connectivity index (χ3v) is 4.61. The van der Waals surface area contributed by atoms with Crippen molar-refractivity contribution in [3.8, 4) is 5.69 Å². The number of hydrogen-bond donors (Lipinski definition) is 0. The zero-order valence-corrected chi connectivity index (χ0v) is 14.4. The predicted molar refractivity (Wildman–Crippen MR) is 101 cm³/mol. The normalized spacial score (nSPS) is 17.1. The summed E-state index contributed by atoms with van der Waals surface area (Å²) in [5.74, 6) is 0.0281. The molecule has 1 unspecified atom stereocenters. The van der Waals surface area contributed by atoms with Crippen molar-refractivity contribution in [3.05, 3.63) is 84.5 Å². The number of likely N-dealkylation sites (tertiary alicyclic amines) is 1. The molecule has 1 saturated heterocycles. The lowest BCUT2D eigenvalue weighted by atomic mass is 10.1. The van der Waals surface area contributed by atoms with Crippen LogP contribution in [-0.2, 0) is 0 Å². The van der Waals surface area contributed by atoms with Gasteiger partial charge in [0.1, 0.15) is 0 Å². The van der Waals surface area contributed by atoms with Gasteiger partial charge in [0.05, 0.1) is 29.7 Å². The highest BCUT2D eigenvalue weighted by atomic mass is 16.2. The molecule has 3 heterocycles. The Bertz CT molecular complexity index is 902. The van der Waals surface area contributed by atoms with E-state index in [2.05, 4.69) is 34.4 Å². The van der Waals surface area contributed by atoms with Gasteiger partial charge in [0.15, 0.2) is 0 Å². The standard InChI is InChI=1S/C21H20N4O/c26-21(18-14-23-25(16-18)20-8-4-12-22-15-20)24-13-5-9-19(24)11-10-17-6-2-1-3-7-17/h1-4,6-8,10-12,14-16,19H,5,9,13H2/b11-10+. The first-order valence-electron chi connectivity index (χ1n) is 8.80. The minimum Gasteiger partial charge on any atom is -0.332 e. The molecule has 0 saturated carbocycles. The number of pyridine rings is 1. The third kappa shape index (κ3) is 3.42. The topological polar surface area (TPSA) is 51.0 Å². The molecular formula is C21H20N4O. The molecule has 0 bridgehead atoms. The Hall–Kier alpha value is -3.21. The van der Waals surface area contributed by atoms with Crippen LogP contribution < -0.4 is 0 Å². The average molecular weight is 344 g/mol. The molecule has 130 valence electrons. The van der Waals surface area contributed by atoms with E-state index in [4.69, 9.17) is 0 Å². The second-order valence-electron chi connectivity index (χ2n) is 6.36. The summed E-state index contributed by atoms with van der Waals surface area (Å²) in [7, 11) is 0. The molecule has 0 aliphatic carbocycles. The Balaban J connectivity index is 1.50. The maximum Gasteiger partial charge on any atom is 0.257 e. The highest BCUT2D eigenvalue weighted by Gasteiger charge is 2.28. The highest BCUT2D eigenvalue weighted by molar-refractivity contribution is 5.94. The van der Waals surface area contributed by atoms with Crippen LogP contribution in [0.3, 0.4) is 0 Å². The average Bonchev–Trinajstić information content (AvgIpc) is 3.37. The third-order valence-electron chi connectivity index (χ3n) is 4.61. The molecule has 26 heavy (non-hydrogen) atoms. The van der Waals surface area contributed by atoms with Crippen molar-refractivity contribution in [3.63, 3.8) is 0 Å². The minimum absolute atomic E-state index is 0.0281. The molecule has 1 aromatic carbocycles. The SMILES string of the molecule is O=C(c1cnn(-c2cccnc2)c1)N1CCCC1/C=C/c1ccccc1. The van der Waals surface area contributed by atoms with Crippen LogP contribution in [0.5, 0.6) is 0 Å². The van der Waals surface area contributed by atoms with Crippen LogP contribution in [0.15, 0.2) is 73.3 Å². The molecule has 1 atom stereocenters. The fourth-order valence-electron chi connectivity index (χ4n) is 3.26. The lowest BCUT2D eigenvalue weighted by molar-refractivity contribution is 0.0762. The van der Waals surface area contributed by atoms with Crippen molar-refractivity contribution in [2.45, 2.75) is 18.9 Å². The van der Waals surface area contributed by atoms with Gasteiger partial charge in [0, 0.05) is 18.9 Å². The first-order chi connectivity index (χ1) is 12.8. The van der Waals surface area contributed by atoms with Crippen LogP contribution in [-0.4, -0.2) is 38.2 Å². The summed E-state index contributed by atoms with van der Waals surface area (Å²) >= 11 is 0. The molecule has 0 N–H and O–H groups in total. The molecule has 4 rings (SSSR count). The Morgan fingerprint density at radius 1 is 1.12 bits per heavy atom. The van der Waals surface area contributed by atoms with E-state index in [0.29, 0.717) is 5.56 Å². The van der Waals surface area contributed by atoms with E-state index in [0.717, 1.165) is 30.6 Å². The van der Waals surface area contributed by atoms with Gasteiger partial charge in [0.2, 0.25) is 0 Å². The molecular weight excluding hydrogens is 324 g/mol. The number of amides is 1. The molecule has 1 amide bonds. The number of rotatable bonds is 4. The Kier molecular flexibility index (Phi) is 4.60. The quantitative estimate of drug-likeness (QED) is 0.727. The van der Waals surface area contributed by atoms with Crippen LogP contribution in [0.2, 0.25) is 0 Å². The van der Waals surface area contributed by atoms with E-state index in [1.54, 1.807) is 29.5 Å². The van der Waals surface area contributed by atoms with E-state index in [1.807, 2.05) is 35.2 Å². The summed E-state index contributed by atoms with van der Waals surface area (Å²) < 4.78 is 1.69. The van der Waals surface area contributed by atoms with Crippen molar-refractivity contribution in [1.29, 1.82) is 0 Å². The first-order valence-corrected chi connectivity index (χ1v) is 8.80. The highest BCUT2D eigenvalue weighted by Crippen LogP contribution is 2.22. The van der Waals surface area contributed by atoms with Gasteiger partial charge in [0.25, 0.3) is 5.91 Å². The van der Waals surface area contributed by atoms with Crippen molar-refractivity contribution < 1.29 is 4.79 Å². The van der Waals surface area contributed by atoms with Crippen LogP contribution in [0.1, 0.15) is 28.8 Å². The second kappa shape index (κ2) is 7.35. The largest absolute Gasteiger partial charge is 0.332 e. The molecule has 5 heteroatoms. The summed E-state index contributed by atoms with van der Waals surface area (Å²) in [5, 5.41) is 4.31. The van der Waals surface area contributed by atoms with Crippen LogP contribution in [0.25, 0.3) is 11.8 Å². The minimum atomic E-state index is 0.0281. The predicted octanol–water partition coefficient (Wildman–Crippen LogP) is 3.59. The van der Waals surface area contributed by atoms with Crippen LogP contribution in [0.4, 0.5) is 0 Å². The number of nitrogens with zero attached hydrogens (tertiary/aromatic N) is 4. The Morgan fingerprint density at radius 3 is 2.81 bits per heavy atom. The Labute approximate surface area is 152 Å². The number of carbonyl (C=O) groups excluding carboxylic acids is 1. The summed E-state index contributed by atoms with van der Waals surface area (Å²) in [6, 6.07) is 14.1. The summed E-state index contributed by atoms with van der Waals surface area (Å²) in [6.07, 6.45) is 13.1. The van der Waals surface area contributed by atoms with Crippen LogP contribution in [0, 0.1) is 0 Å². The van der Waals surface area contributed by atoms with Crippen molar-refractivity contribution in [1.82, 2.24) is 19.7 Å². The monoisotopic (exact) mass is 344 g/mol. The van der Waals surface area contributed by atoms with E-state index in [-0.39, 0.29) is 11.9 Å². The smallest absolute Gasteiger partial charge is 0.257 e. The number of aromatic nitrogens is 3. The maximum absolute atomic E-state index is 12.9. The lowest BCUT2D eigenvalue weighted by Gasteiger charge is -2.21. The lowest BCUT2D eigenvalue weighted by Crippen LogP contribution is -2.34. The molecule has 0 radical (unpaired) electrons. The second-order valence-corrected chi connectivity index (χ2v) is 6.36. The first kappa shape index (κ1) is 16.3. The van der Waals surface area contributed by atoms with Crippen molar-refractivity contribution in [2.24, 2.45) is 0 Å². The van der Waals surface area contributed by atoms with Gasteiger partial charge >= 0.3 is 0 Å². The van der Waals surface area contributed by atoms with Crippen molar-refractivity contribution >= 4 is 12.0 Å². The number of hydrogen-bond acceptors (Lipinski definition) is 3. The molecule has 1 aliphatic rings. The van der Waals surface area contributed by atoms with Crippen molar-refractivity contribution in [2.75, 3.05) is 6.54 Å². The zero-order chi connectivity index (χ0) is 17.8. The molecule has 1 aliphatic heterocycles. The van der Waals surface area contributed by atoms with E-state index in [9.17, 15) is 4.79 Å². The van der Waals surface area contributed by atoms with E-state index in [1.165, 1.54) is 0 Å². The fraction of sp³-hybridized carbons (Fsp3) is 0.190. The number of carbonyl (C=O) groups is 1. The molecule has 5 nitrogen and oxygen atoms in total. The summed E-state index contributed by atoms with van der Waals surface area (Å²) in [4.78, 5) is 19.0. The van der Waals surface area contributed by atoms with Gasteiger partial charge in [-0.25, -0.2) is 4.68 Å². The van der Waals surface area contributed by atoms with Gasteiger partial charge in [-0.3, -0.25) is 9.78 Å². The Morgan fingerprint density at radius 2 is 2.00 bits per heavy atom. The van der Waals surface area contributed by atoms with E-state index < -0.39 is 0 Å². The number of benzene rings is 1. The molecule has 2 aromatic heterocycles. The van der Waals surface area contributed by atoms with Crippen LogP contribution >= 0.6 is 0 Å². The zero-order valence-electron chi connectivity index (χ0n) is 14.4. The van der Waals surface area contributed by atoms with Gasteiger partial charge < -0.3 is 4.90 Å². The molecule has 1 fully saturated rings. The van der Waals surface area contributed by atoms with Gasteiger partial charge in [-0.15, -0.1) is 0 Å².